The smallest absolute Gasteiger partial charge is 0.241 e. The largest absolute Gasteiger partial charge is 0.497 e. The zero-order valence-corrected chi connectivity index (χ0v) is 14.5. The Balaban J connectivity index is 1.56. The van der Waals surface area contributed by atoms with Crippen LogP contribution in [0.4, 0.5) is 5.69 Å². The lowest BCUT2D eigenvalue weighted by Crippen LogP contribution is -2.39. The van der Waals surface area contributed by atoms with Crippen LogP contribution < -0.4 is 10.1 Å². The van der Waals surface area contributed by atoms with Crippen molar-refractivity contribution in [2.24, 2.45) is 0 Å². The molecular formula is C21H24N2O2. The molecule has 1 aliphatic rings. The summed E-state index contributed by atoms with van der Waals surface area (Å²) < 4.78 is 5.14. The minimum atomic E-state index is -0.0671. The first-order chi connectivity index (χ1) is 12.3. The highest BCUT2D eigenvalue weighted by Gasteiger charge is 2.29. The van der Waals surface area contributed by atoms with Gasteiger partial charge in [0, 0.05) is 12.2 Å². The number of amides is 1. The Morgan fingerprint density at radius 2 is 1.96 bits per heavy atom. The average molecular weight is 336 g/mol. The van der Waals surface area contributed by atoms with E-state index in [4.69, 9.17) is 4.74 Å². The second-order valence-corrected chi connectivity index (χ2v) is 6.18. The number of nitrogens with one attached hydrogen (secondary N) is 1. The van der Waals surface area contributed by atoms with Crippen LogP contribution in [0.2, 0.25) is 0 Å². The van der Waals surface area contributed by atoms with Gasteiger partial charge in [-0.05, 0) is 49.2 Å². The molecule has 1 heterocycles. The van der Waals surface area contributed by atoms with Gasteiger partial charge in [-0.25, -0.2) is 0 Å². The van der Waals surface area contributed by atoms with Crippen LogP contribution in [-0.2, 0) is 4.79 Å². The number of methoxy groups -OCH3 is 1. The van der Waals surface area contributed by atoms with Crippen LogP contribution in [0.25, 0.3) is 6.08 Å². The van der Waals surface area contributed by atoms with Gasteiger partial charge >= 0.3 is 0 Å². The molecule has 1 saturated heterocycles. The fourth-order valence-corrected chi connectivity index (χ4v) is 3.13. The topological polar surface area (TPSA) is 41.6 Å². The molecule has 0 bridgehead atoms. The maximum Gasteiger partial charge on any atom is 0.241 e. The van der Waals surface area contributed by atoms with Crippen molar-refractivity contribution in [3.05, 3.63) is 66.2 Å². The molecule has 0 saturated carbocycles. The molecule has 4 nitrogen and oxygen atoms in total. The zero-order chi connectivity index (χ0) is 17.5. The van der Waals surface area contributed by atoms with E-state index in [1.54, 1.807) is 7.11 Å². The van der Waals surface area contributed by atoms with E-state index in [0.717, 1.165) is 37.4 Å². The lowest BCUT2D eigenvalue weighted by atomic mass is 10.2. The quantitative estimate of drug-likeness (QED) is 0.872. The van der Waals surface area contributed by atoms with Crippen molar-refractivity contribution in [3.63, 3.8) is 0 Å². The standard InChI is InChI=1S/C21H24N2O2/c1-25-19-13-11-18(12-14-19)22-21(24)20-10-6-16-23(20)15-5-9-17-7-3-2-4-8-17/h2-5,7-9,11-14,20H,6,10,15-16H2,1H3,(H,22,24)/b9-5+. The molecule has 1 fully saturated rings. The lowest BCUT2D eigenvalue weighted by Gasteiger charge is -2.22. The second-order valence-electron chi connectivity index (χ2n) is 6.18. The highest BCUT2D eigenvalue weighted by atomic mass is 16.5. The van der Waals surface area contributed by atoms with Crippen LogP contribution in [-0.4, -0.2) is 37.0 Å². The summed E-state index contributed by atoms with van der Waals surface area (Å²) in [6.45, 7) is 1.75. The zero-order valence-electron chi connectivity index (χ0n) is 14.5. The van der Waals surface area contributed by atoms with Crippen molar-refractivity contribution >= 4 is 17.7 Å². The Bertz CT molecular complexity index is 710. The summed E-state index contributed by atoms with van der Waals surface area (Å²) in [5, 5.41) is 3.01. The normalized spacial score (nSPS) is 17.7. The molecular weight excluding hydrogens is 312 g/mol. The summed E-state index contributed by atoms with van der Waals surface area (Å²) in [5.41, 5.74) is 1.98. The molecule has 1 N–H and O–H groups in total. The van der Waals surface area contributed by atoms with Crippen molar-refractivity contribution in [2.45, 2.75) is 18.9 Å². The predicted octanol–water partition coefficient (Wildman–Crippen LogP) is 3.81. The van der Waals surface area contributed by atoms with Crippen molar-refractivity contribution in [2.75, 3.05) is 25.5 Å². The first-order valence-electron chi connectivity index (χ1n) is 8.67. The number of likely N-dealkylation sites (tertiary alicyclic amines) is 1. The molecule has 0 aromatic heterocycles. The SMILES string of the molecule is COc1ccc(NC(=O)C2CCCN2C/C=C/c2ccccc2)cc1. The fourth-order valence-electron chi connectivity index (χ4n) is 3.13. The van der Waals surface area contributed by atoms with Crippen LogP contribution in [0.1, 0.15) is 18.4 Å². The van der Waals surface area contributed by atoms with Crippen LogP contribution >= 0.6 is 0 Å². The number of carbonyl (C=O) groups is 1. The first-order valence-corrected chi connectivity index (χ1v) is 8.67. The Kier molecular flexibility index (Phi) is 5.86. The Morgan fingerprint density at radius 3 is 2.68 bits per heavy atom. The molecule has 1 atom stereocenters. The van der Waals surface area contributed by atoms with Gasteiger partial charge in [0.15, 0.2) is 0 Å². The monoisotopic (exact) mass is 336 g/mol. The minimum Gasteiger partial charge on any atom is -0.497 e. The van der Waals surface area contributed by atoms with Gasteiger partial charge in [0.25, 0.3) is 0 Å². The van der Waals surface area contributed by atoms with E-state index in [1.165, 1.54) is 5.56 Å². The van der Waals surface area contributed by atoms with Gasteiger partial charge in [0.2, 0.25) is 5.91 Å². The molecule has 2 aromatic rings. The second kappa shape index (κ2) is 8.49. The van der Waals surface area contributed by atoms with Crippen molar-refractivity contribution < 1.29 is 9.53 Å². The van der Waals surface area contributed by atoms with Crippen LogP contribution in [0, 0.1) is 0 Å². The van der Waals surface area contributed by atoms with Crippen molar-refractivity contribution in [3.8, 4) is 5.75 Å². The van der Waals surface area contributed by atoms with Crippen molar-refractivity contribution in [1.82, 2.24) is 4.90 Å². The highest BCUT2D eigenvalue weighted by Crippen LogP contribution is 2.20. The molecule has 0 radical (unpaired) electrons. The minimum absolute atomic E-state index is 0.0655. The lowest BCUT2D eigenvalue weighted by molar-refractivity contribution is -0.120. The number of rotatable bonds is 6. The molecule has 0 spiro atoms. The summed E-state index contributed by atoms with van der Waals surface area (Å²) in [6, 6.07) is 17.6. The molecule has 1 aliphatic heterocycles. The van der Waals surface area contributed by atoms with Gasteiger partial charge in [0.1, 0.15) is 5.75 Å². The summed E-state index contributed by atoms with van der Waals surface area (Å²) in [7, 11) is 1.63. The van der Waals surface area contributed by atoms with E-state index in [-0.39, 0.29) is 11.9 Å². The molecule has 130 valence electrons. The molecule has 2 aromatic carbocycles. The molecule has 25 heavy (non-hydrogen) atoms. The van der Waals surface area contributed by atoms with E-state index < -0.39 is 0 Å². The number of carbonyl (C=O) groups excluding carboxylic acids is 1. The number of ether oxygens (including phenoxy) is 1. The Hall–Kier alpha value is -2.59. The van der Waals surface area contributed by atoms with Gasteiger partial charge in [-0.3, -0.25) is 9.69 Å². The Labute approximate surface area is 149 Å². The summed E-state index contributed by atoms with van der Waals surface area (Å²) in [5.74, 6) is 0.849. The average Bonchev–Trinajstić information content (AvgIpc) is 3.12. The fraction of sp³-hybridized carbons (Fsp3) is 0.286. The molecule has 0 aliphatic carbocycles. The van der Waals surface area contributed by atoms with Gasteiger partial charge in [-0.15, -0.1) is 0 Å². The number of nitrogens with zero attached hydrogens (tertiary/aromatic N) is 1. The van der Waals surface area contributed by atoms with Crippen LogP contribution in [0.3, 0.4) is 0 Å². The van der Waals surface area contributed by atoms with Crippen LogP contribution in [0.15, 0.2) is 60.7 Å². The van der Waals surface area contributed by atoms with Crippen LogP contribution in [0.5, 0.6) is 5.75 Å². The summed E-state index contributed by atoms with van der Waals surface area (Å²) in [4.78, 5) is 14.8. The maximum absolute atomic E-state index is 12.6. The van der Waals surface area contributed by atoms with Gasteiger partial charge in [-0.2, -0.15) is 0 Å². The van der Waals surface area contributed by atoms with Gasteiger partial charge < -0.3 is 10.1 Å². The number of anilines is 1. The predicted molar refractivity (Wildman–Crippen MR) is 102 cm³/mol. The maximum atomic E-state index is 12.6. The van der Waals surface area contributed by atoms with Gasteiger partial charge in [0.05, 0.1) is 13.2 Å². The van der Waals surface area contributed by atoms with E-state index in [2.05, 4.69) is 34.5 Å². The van der Waals surface area contributed by atoms with E-state index >= 15 is 0 Å². The Morgan fingerprint density at radius 1 is 1.20 bits per heavy atom. The third-order valence-corrected chi connectivity index (χ3v) is 4.47. The first kappa shape index (κ1) is 17.2. The van der Waals surface area contributed by atoms with E-state index in [9.17, 15) is 4.79 Å². The molecule has 4 heteroatoms. The number of benzene rings is 2. The highest BCUT2D eigenvalue weighted by molar-refractivity contribution is 5.95. The summed E-state index contributed by atoms with van der Waals surface area (Å²) >= 11 is 0. The van der Waals surface area contributed by atoms with E-state index in [1.807, 2.05) is 42.5 Å². The van der Waals surface area contributed by atoms with Gasteiger partial charge in [-0.1, -0.05) is 42.5 Å². The third-order valence-electron chi connectivity index (χ3n) is 4.47. The molecule has 3 rings (SSSR count). The number of hydrogen-bond acceptors (Lipinski definition) is 3. The van der Waals surface area contributed by atoms with E-state index in [0.29, 0.717) is 0 Å². The number of hydrogen-bond donors (Lipinski definition) is 1. The third kappa shape index (κ3) is 4.70. The van der Waals surface area contributed by atoms with Crippen molar-refractivity contribution in [1.29, 1.82) is 0 Å². The molecule has 1 amide bonds. The molecule has 1 unspecified atom stereocenters. The summed E-state index contributed by atoms with van der Waals surface area (Å²) in [6.07, 6.45) is 6.20.